The molecule has 1 aromatic heterocycles. The summed E-state index contributed by atoms with van der Waals surface area (Å²) in [6.45, 7) is 0. The number of nitrogens with one attached hydrogen (secondary N) is 3. The molecule has 3 heterocycles. The average Bonchev–Trinajstić information content (AvgIpc) is 3.33. The molecule has 15 heteroatoms. The fourth-order valence-electron chi connectivity index (χ4n) is 3.53. The number of aliphatic carboxylic acids is 1. The van der Waals surface area contributed by atoms with Crippen LogP contribution in [-0.2, 0) is 14.4 Å². The first-order valence-corrected chi connectivity index (χ1v) is 12.3. The molecule has 4 rings (SSSR count). The third kappa shape index (κ3) is 4.86. The summed E-state index contributed by atoms with van der Waals surface area (Å²) in [5, 5.41) is 25.5. The fraction of sp³-hybridized carbons (Fsp3) is 0.263. The van der Waals surface area contributed by atoms with Gasteiger partial charge in [0.25, 0.3) is 5.91 Å². The SMILES string of the molecule is NC(=S)Nc1ccc(C(N)C(=O)NC2C(=O)N3C(C(=O)O)=C(CSc4c[nH]nn4)CS[C@@H]23)cc1. The quantitative estimate of drug-likeness (QED) is 0.155. The van der Waals surface area contributed by atoms with Crippen LogP contribution in [0.4, 0.5) is 5.69 Å². The van der Waals surface area contributed by atoms with Crippen molar-refractivity contribution in [2.45, 2.75) is 22.5 Å². The van der Waals surface area contributed by atoms with Crippen molar-refractivity contribution in [1.29, 1.82) is 0 Å². The van der Waals surface area contributed by atoms with Crippen LogP contribution in [0.25, 0.3) is 0 Å². The number of rotatable bonds is 8. The van der Waals surface area contributed by atoms with Gasteiger partial charge < -0.3 is 27.2 Å². The first-order chi connectivity index (χ1) is 16.3. The van der Waals surface area contributed by atoms with E-state index in [0.29, 0.717) is 33.4 Å². The minimum absolute atomic E-state index is 0.0551. The predicted molar refractivity (Wildman–Crippen MR) is 131 cm³/mol. The lowest BCUT2D eigenvalue weighted by atomic mass is 10.0. The number of carboxylic acids is 1. The van der Waals surface area contributed by atoms with Crippen LogP contribution >= 0.6 is 35.7 Å². The summed E-state index contributed by atoms with van der Waals surface area (Å²) in [5.41, 5.74) is 13.2. The van der Waals surface area contributed by atoms with E-state index in [9.17, 15) is 19.5 Å². The van der Waals surface area contributed by atoms with E-state index in [-0.39, 0.29) is 10.8 Å². The number of carboxylic acid groups (broad SMARTS) is 1. The van der Waals surface area contributed by atoms with Crippen molar-refractivity contribution in [1.82, 2.24) is 25.6 Å². The smallest absolute Gasteiger partial charge is 0.352 e. The minimum Gasteiger partial charge on any atom is -0.477 e. The summed E-state index contributed by atoms with van der Waals surface area (Å²) in [6, 6.07) is 4.78. The van der Waals surface area contributed by atoms with Gasteiger partial charge in [0, 0.05) is 17.2 Å². The number of amides is 2. The second-order valence-corrected chi connectivity index (χ2v) is 9.88. The van der Waals surface area contributed by atoms with E-state index in [1.807, 2.05) is 0 Å². The number of nitrogens with two attached hydrogens (primary N) is 2. The molecule has 0 radical (unpaired) electrons. The molecule has 2 aliphatic rings. The predicted octanol–water partition coefficient (Wildman–Crippen LogP) is -0.00910. The van der Waals surface area contributed by atoms with E-state index >= 15 is 0 Å². The van der Waals surface area contributed by atoms with Gasteiger partial charge in [-0.15, -0.1) is 16.9 Å². The van der Waals surface area contributed by atoms with Crippen LogP contribution in [-0.4, -0.2) is 71.2 Å². The Morgan fingerprint density at radius 1 is 1.38 bits per heavy atom. The van der Waals surface area contributed by atoms with E-state index in [0.717, 1.165) is 0 Å². The third-order valence-electron chi connectivity index (χ3n) is 5.16. The lowest BCUT2D eigenvalue weighted by molar-refractivity contribution is -0.150. The van der Waals surface area contributed by atoms with Crippen molar-refractivity contribution in [2.75, 3.05) is 16.8 Å². The highest BCUT2D eigenvalue weighted by Crippen LogP contribution is 2.41. The molecule has 12 nitrogen and oxygen atoms in total. The van der Waals surface area contributed by atoms with Crippen LogP contribution in [0.1, 0.15) is 11.6 Å². The molecule has 0 spiro atoms. The fourth-order valence-corrected chi connectivity index (χ4v) is 5.92. The van der Waals surface area contributed by atoms with Gasteiger partial charge in [0.2, 0.25) is 5.91 Å². The number of thioether (sulfide) groups is 2. The summed E-state index contributed by atoms with van der Waals surface area (Å²) in [6.07, 6.45) is 1.60. The number of fused-ring (bicyclic) bond motifs is 1. The molecule has 0 bridgehead atoms. The number of thiocarbonyl (C=S) groups is 1. The molecule has 1 fully saturated rings. The summed E-state index contributed by atoms with van der Waals surface area (Å²) in [4.78, 5) is 38.7. The van der Waals surface area contributed by atoms with Crippen molar-refractivity contribution < 1.29 is 19.5 Å². The second-order valence-electron chi connectivity index (χ2n) is 7.34. The highest BCUT2D eigenvalue weighted by Gasteiger charge is 2.54. The lowest BCUT2D eigenvalue weighted by Crippen LogP contribution is -2.71. The molecule has 34 heavy (non-hydrogen) atoms. The topological polar surface area (TPSA) is 192 Å². The van der Waals surface area contributed by atoms with E-state index in [1.165, 1.54) is 28.4 Å². The molecule has 2 aliphatic heterocycles. The van der Waals surface area contributed by atoms with Crippen LogP contribution in [0.5, 0.6) is 0 Å². The zero-order valence-corrected chi connectivity index (χ0v) is 19.9. The number of nitrogens with zero attached hydrogens (tertiary/aromatic N) is 3. The molecule has 3 atom stereocenters. The first kappa shape index (κ1) is 24.0. The Morgan fingerprint density at radius 2 is 2.12 bits per heavy atom. The monoisotopic (exact) mass is 520 g/mol. The number of hydrogen-bond donors (Lipinski definition) is 6. The van der Waals surface area contributed by atoms with Crippen molar-refractivity contribution in [3.63, 3.8) is 0 Å². The van der Waals surface area contributed by atoms with E-state index in [4.69, 9.17) is 23.7 Å². The summed E-state index contributed by atoms with van der Waals surface area (Å²) in [7, 11) is 0. The molecule has 2 unspecified atom stereocenters. The number of H-pyrrole nitrogens is 1. The van der Waals surface area contributed by atoms with Crippen LogP contribution in [0.3, 0.4) is 0 Å². The first-order valence-electron chi connectivity index (χ1n) is 9.88. The van der Waals surface area contributed by atoms with Gasteiger partial charge in [-0.1, -0.05) is 29.1 Å². The van der Waals surface area contributed by atoms with Crippen LogP contribution in [0, 0.1) is 0 Å². The largest absolute Gasteiger partial charge is 0.477 e. The van der Waals surface area contributed by atoms with Crippen molar-refractivity contribution in [3.8, 4) is 0 Å². The number of benzene rings is 1. The van der Waals surface area contributed by atoms with Gasteiger partial charge in [-0.2, -0.15) is 0 Å². The second kappa shape index (κ2) is 10.0. The normalized spacial score (nSPS) is 20.3. The molecule has 0 aliphatic carbocycles. The Balaban J connectivity index is 1.41. The standard InChI is InChI=1S/C19H20N8O4S3/c20-12(8-1-3-10(4-2-8)23-19(21)32)15(28)24-13-16(29)27-14(18(30)31)9(7-34-17(13)27)6-33-11-5-22-26-25-11/h1-5,12-13,17H,6-7,20H2,(H,24,28)(H,30,31)(H3,21,23,32)(H,22,25,26)/t12?,13?,17-/m0/s1. The maximum absolute atomic E-state index is 12.8. The van der Waals surface area contributed by atoms with E-state index in [2.05, 4.69) is 26.0 Å². The van der Waals surface area contributed by atoms with Gasteiger partial charge in [0.1, 0.15) is 28.2 Å². The highest BCUT2D eigenvalue weighted by atomic mass is 32.2. The third-order valence-corrected chi connectivity index (χ3v) is 7.59. The number of hydrogen-bond acceptors (Lipinski definition) is 9. The zero-order chi connectivity index (χ0) is 24.4. The van der Waals surface area contributed by atoms with Gasteiger partial charge in [-0.25, -0.2) is 4.79 Å². The Bertz CT molecular complexity index is 1150. The molecule has 1 saturated heterocycles. The Kier molecular flexibility index (Phi) is 7.06. The van der Waals surface area contributed by atoms with E-state index < -0.39 is 35.2 Å². The number of aromatic nitrogens is 3. The van der Waals surface area contributed by atoms with Crippen LogP contribution < -0.4 is 22.1 Å². The van der Waals surface area contributed by atoms with Gasteiger partial charge >= 0.3 is 5.97 Å². The molecule has 1 aromatic carbocycles. The number of β-lactam (4-membered cyclic amide) rings is 1. The zero-order valence-electron chi connectivity index (χ0n) is 17.4. The molecule has 2 amide bonds. The maximum Gasteiger partial charge on any atom is 0.352 e. The van der Waals surface area contributed by atoms with Crippen LogP contribution in [0.2, 0.25) is 0 Å². The average molecular weight is 521 g/mol. The summed E-state index contributed by atoms with van der Waals surface area (Å²) < 4.78 is 0. The lowest BCUT2D eigenvalue weighted by Gasteiger charge is -2.49. The van der Waals surface area contributed by atoms with Crippen molar-refractivity contribution in [2.24, 2.45) is 11.5 Å². The Hall–Kier alpha value is -3.14. The number of carbonyl (C=O) groups is 3. The van der Waals surface area contributed by atoms with Gasteiger partial charge in [-0.05, 0) is 35.5 Å². The van der Waals surface area contributed by atoms with Crippen molar-refractivity contribution in [3.05, 3.63) is 47.3 Å². The summed E-state index contributed by atoms with van der Waals surface area (Å²) in [5.74, 6) is -1.48. The van der Waals surface area contributed by atoms with Crippen LogP contribution in [0.15, 0.2) is 46.8 Å². The Labute approximate surface area is 207 Å². The molecular formula is C19H20N8O4S3. The highest BCUT2D eigenvalue weighted by molar-refractivity contribution is 8.01. The molecular weight excluding hydrogens is 500 g/mol. The molecule has 2 aromatic rings. The van der Waals surface area contributed by atoms with Gasteiger partial charge in [-0.3, -0.25) is 19.6 Å². The minimum atomic E-state index is -1.19. The van der Waals surface area contributed by atoms with Gasteiger partial charge in [0.05, 0.1) is 6.20 Å². The van der Waals surface area contributed by atoms with Crippen molar-refractivity contribution >= 4 is 64.3 Å². The number of aromatic amines is 1. The molecule has 8 N–H and O–H groups in total. The molecule has 0 saturated carbocycles. The number of carbonyl (C=O) groups excluding carboxylic acids is 2. The van der Waals surface area contributed by atoms with E-state index in [1.54, 1.807) is 30.5 Å². The number of anilines is 1. The molecule has 178 valence electrons. The summed E-state index contributed by atoms with van der Waals surface area (Å²) >= 11 is 7.49. The Morgan fingerprint density at radius 3 is 2.74 bits per heavy atom. The van der Waals surface area contributed by atoms with Gasteiger partial charge in [0.15, 0.2) is 5.11 Å². The maximum atomic E-state index is 12.8.